The van der Waals surface area contributed by atoms with Crippen LogP contribution in [0.25, 0.3) is 5.69 Å². The second kappa shape index (κ2) is 9.43. The Labute approximate surface area is 169 Å². The van der Waals surface area contributed by atoms with Gasteiger partial charge in [0.05, 0.1) is 18.2 Å². The molecular formula is C20H23ClN6O. The van der Waals surface area contributed by atoms with E-state index in [-0.39, 0.29) is 11.9 Å². The van der Waals surface area contributed by atoms with Crippen molar-refractivity contribution in [2.75, 3.05) is 20.6 Å². The number of benzene rings is 2. The normalized spacial score (nSPS) is 12.1. The van der Waals surface area contributed by atoms with Gasteiger partial charge in [0.1, 0.15) is 6.33 Å². The van der Waals surface area contributed by atoms with Gasteiger partial charge in [-0.25, -0.2) is 4.68 Å². The zero-order valence-corrected chi connectivity index (χ0v) is 16.7. The van der Waals surface area contributed by atoms with Crippen molar-refractivity contribution in [3.8, 4) is 5.69 Å². The maximum atomic E-state index is 12.6. The monoisotopic (exact) mass is 398 g/mol. The minimum atomic E-state index is -0.0623. The number of hydrogen-bond acceptors (Lipinski definition) is 5. The Morgan fingerprint density at radius 1 is 1.14 bits per heavy atom. The number of carbonyl (C=O) groups excluding carboxylic acids is 1. The second-order valence-electron chi connectivity index (χ2n) is 6.86. The van der Waals surface area contributed by atoms with Gasteiger partial charge in [0.15, 0.2) is 0 Å². The molecule has 1 aromatic heterocycles. The summed E-state index contributed by atoms with van der Waals surface area (Å²) in [5.41, 5.74) is 2.82. The van der Waals surface area contributed by atoms with Gasteiger partial charge in [-0.2, -0.15) is 0 Å². The Kier molecular flexibility index (Phi) is 6.73. The highest BCUT2D eigenvalue weighted by atomic mass is 35.5. The van der Waals surface area contributed by atoms with Crippen LogP contribution >= 0.6 is 11.6 Å². The van der Waals surface area contributed by atoms with E-state index >= 15 is 0 Å². The topological polar surface area (TPSA) is 75.9 Å². The van der Waals surface area contributed by atoms with E-state index in [2.05, 4.69) is 25.7 Å². The molecule has 146 valence electrons. The lowest BCUT2D eigenvalue weighted by atomic mass is 10.0. The van der Waals surface area contributed by atoms with Crippen molar-refractivity contribution in [3.63, 3.8) is 0 Å². The number of rotatable bonds is 8. The molecule has 0 spiro atoms. The highest BCUT2D eigenvalue weighted by Gasteiger charge is 2.15. The Bertz CT molecular complexity index is 878. The molecule has 0 unspecified atom stereocenters. The van der Waals surface area contributed by atoms with Crippen molar-refractivity contribution < 1.29 is 4.79 Å². The van der Waals surface area contributed by atoms with E-state index < -0.39 is 0 Å². The summed E-state index contributed by atoms with van der Waals surface area (Å²) in [6.45, 7) is 0.869. The van der Waals surface area contributed by atoms with E-state index in [0.29, 0.717) is 11.4 Å². The third-order valence-electron chi connectivity index (χ3n) is 4.39. The molecule has 8 heteroatoms. The molecule has 1 amide bonds. The van der Waals surface area contributed by atoms with E-state index in [4.69, 9.17) is 11.6 Å². The van der Waals surface area contributed by atoms with E-state index in [9.17, 15) is 4.79 Å². The summed E-state index contributed by atoms with van der Waals surface area (Å²) in [6, 6.07) is 15.2. The Morgan fingerprint density at radius 2 is 1.86 bits per heavy atom. The quantitative estimate of drug-likeness (QED) is 0.631. The lowest BCUT2D eigenvalue weighted by Crippen LogP contribution is -2.32. The molecular weight excluding hydrogens is 376 g/mol. The molecule has 7 nitrogen and oxygen atoms in total. The molecule has 0 aliphatic heterocycles. The van der Waals surface area contributed by atoms with Crippen LogP contribution in [-0.4, -0.2) is 51.7 Å². The van der Waals surface area contributed by atoms with Gasteiger partial charge in [0.2, 0.25) is 5.91 Å². The van der Waals surface area contributed by atoms with E-state index in [1.54, 1.807) is 4.68 Å². The smallest absolute Gasteiger partial charge is 0.224 e. The summed E-state index contributed by atoms with van der Waals surface area (Å²) in [5, 5.41) is 14.9. The van der Waals surface area contributed by atoms with Crippen LogP contribution in [0.4, 0.5) is 0 Å². The van der Waals surface area contributed by atoms with Crippen molar-refractivity contribution in [1.82, 2.24) is 30.4 Å². The fourth-order valence-corrected chi connectivity index (χ4v) is 3.01. The SMILES string of the molecule is CN(C)CC[C@@H](NC(=O)Cc1ccc(-n2cnnn2)cc1)c1ccc(Cl)cc1. The van der Waals surface area contributed by atoms with E-state index in [0.717, 1.165) is 29.8 Å². The summed E-state index contributed by atoms with van der Waals surface area (Å²) in [4.78, 5) is 14.7. The number of amides is 1. The number of nitrogens with zero attached hydrogens (tertiary/aromatic N) is 5. The first kappa shape index (κ1) is 20.0. The molecule has 1 atom stereocenters. The number of tetrazole rings is 1. The fraction of sp³-hybridized carbons (Fsp3) is 0.300. The molecule has 0 aliphatic rings. The van der Waals surface area contributed by atoms with Crippen LogP contribution in [0.15, 0.2) is 54.9 Å². The first-order chi connectivity index (χ1) is 13.5. The minimum absolute atomic E-state index is 0.0196. The van der Waals surface area contributed by atoms with Gasteiger partial charge in [-0.3, -0.25) is 4.79 Å². The standard InChI is InChI=1S/C20H23ClN6O/c1-26(2)12-11-19(16-5-7-17(21)8-6-16)23-20(28)13-15-3-9-18(10-4-15)27-14-22-24-25-27/h3-10,14,19H,11-13H2,1-2H3,(H,23,28)/t19-/m1/s1. The molecule has 2 aromatic carbocycles. The van der Waals surface area contributed by atoms with Crippen LogP contribution in [0.2, 0.25) is 5.02 Å². The minimum Gasteiger partial charge on any atom is -0.349 e. The Hall–Kier alpha value is -2.77. The second-order valence-corrected chi connectivity index (χ2v) is 7.30. The summed E-state index contributed by atoms with van der Waals surface area (Å²) < 4.78 is 1.57. The summed E-state index contributed by atoms with van der Waals surface area (Å²) >= 11 is 6.00. The van der Waals surface area contributed by atoms with E-state index in [1.807, 2.05) is 62.6 Å². The van der Waals surface area contributed by atoms with Crippen LogP contribution in [0.5, 0.6) is 0 Å². The zero-order chi connectivity index (χ0) is 19.9. The third-order valence-corrected chi connectivity index (χ3v) is 4.64. The van der Waals surface area contributed by atoms with Crippen molar-refractivity contribution in [2.45, 2.75) is 18.9 Å². The van der Waals surface area contributed by atoms with Crippen LogP contribution in [0.3, 0.4) is 0 Å². The van der Waals surface area contributed by atoms with Gasteiger partial charge in [-0.15, -0.1) is 5.10 Å². The van der Waals surface area contributed by atoms with Crippen LogP contribution in [0, 0.1) is 0 Å². The highest BCUT2D eigenvalue weighted by molar-refractivity contribution is 6.30. The largest absolute Gasteiger partial charge is 0.349 e. The molecule has 0 bridgehead atoms. The molecule has 3 aromatic rings. The number of nitrogens with one attached hydrogen (secondary N) is 1. The van der Waals surface area contributed by atoms with Crippen LogP contribution < -0.4 is 5.32 Å². The maximum Gasteiger partial charge on any atom is 0.224 e. The average molecular weight is 399 g/mol. The van der Waals surface area contributed by atoms with Crippen molar-refractivity contribution in [2.24, 2.45) is 0 Å². The number of hydrogen-bond donors (Lipinski definition) is 1. The maximum absolute atomic E-state index is 12.6. The predicted molar refractivity (Wildman–Crippen MR) is 108 cm³/mol. The third kappa shape index (κ3) is 5.61. The first-order valence-electron chi connectivity index (χ1n) is 9.03. The summed E-state index contributed by atoms with van der Waals surface area (Å²) in [5.74, 6) is -0.0196. The van der Waals surface area contributed by atoms with Crippen molar-refractivity contribution in [1.29, 1.82) is 0 Å². The molecule has 0 radical (unpaired) electrons. The van der Waals surface area contributed by atoms with Crippen LogP contribution in [-0.2, 0) is 11.2 Å². The van der Waals surface area contributed by atoms with Gasteiger partial charge in [0.25, 0.3) is 0 Å². The van der Waals surface area contributed by atoms with Crippen molar-refractivity contribution >= 4 is 17.5 Å². The molecule has 0 fully saturated rings. The molecule has 3 rings (SSSR count). The molecule has 28 heavy (non-hydrogen) atoms. The summed E-state index contributed by atoms with van der Waals surface area (Å²) in [7, 11) is 4.04. The van der Waals surface area contributed by atoms with Gasteiger partial charge < -0.3 is 10.2 Å². The molecule has 1 N–H and O–H groups in total. The van der Waals surface area contributed by atoms with Crippen LogP contribution in [0.1, 0.15) is 23.6 Å². The fourth-order valence-electron chi connectivity index (χ4n) is 2.88. The lowest BCUT2D eigenvalue weighted by Gasteiger charge is -2.21. The van der Waals surface area contributed by atoms with E-state index in [1.165, 1.54) is 6.33 Å². The highest BCUT2D eigenvalue weighted by Crippen LogP contribution is 2.20. The molecule has 0 saturated heterocycles. The Balaban J connectivity index is 1.64. The van der Waals surface area contributed by atoms with Gasteiger partial charge in [0, 0.05) is 5.02 Å². The number of halogens is 1. The van der Waals surface area contributed by atoms with Gasteiger partial charge >= 0.3 is 0 Å². The predicted octanol–water partition coefficient (Wildman–Crippen LogP) is 2.67. The molecule has 0 saturated carbocycles. The average Bonchev–Trinajstić information content (AvgIpc) is 3.21. The summed E-state index contributed by atoms with van der Waals surface area (Å²) in [6.07, 6.45) is 2.66. The number of aromatic nitrogens is 4. The molecule has 1 heterocycles. The van der Waals surface area contributed by atoms with Crippen molar-refractivity contribution in [3.05, 3.63) is 71.0 Å². The number of carbonyl (C=O) groups is 1. The lowest BCUT2D eigenvalue weighted by molar-refractivity contribution is -0.121. The zero-order valence-electron chi connectivity index (χ0n) is 15.9. The van der Waals surface area contributed by atoms with Gasteiger partial charge in [-0.1, -0.05) is 35.9 Å². The van der Waals surface area contributed by atoms with Gasteiger partial charge in [-0.05, 0) is 72.9 Å². The molecule has 0 aliphatic carbocycles. The first-order valence-corrected chi connectivity index (χ1v) is 9.41. The Morgan fingerprint density at radius 3 is 2.46 bits per heavy atom.